The van der Waals surface area contributed by atoms with Gasteiger partial charge in [-0.2, -0.15) is 5.10 Å². The van der Waals surface area contributed by atoms with Crippen molar-refractivity contribution in [3.8, 4) is 11.1 Å². The minimum Gasteiger partial charge on any atom is -0.310 e. The third kappa shape index (κ3) is 3.25. The maximum Gasteiger partial charge on any atom is 0.131 e. The zero-order chi connectivity index (χ0) is 14.7. The Bertz CT molecular complexity index is 587. The minimum atomic E-state index is -0.194. The smallest absolute Gasteiger partial charge is 0.131 e. The van der Waals surface area contributed by atoms with Crippen molar-refractivity contribution in [2.45, 2.75) is 39.8 Å². The molecular weight excluding hydrogens is 253 g/mol. The number of hydrogen-bond donors (Lipinski definition) is 1. The highest BCUT2D eigenvalue weighted by molar-refractivity contribution is 5.66. The van der Waals surface area contributed by atoms with Crippen LogP contribution in [0.15, 0.2) is 24.4 Å². The number of rotatable bonds is 5. The van der Waals surface area contributed by atoms with Gasteiger partial charge in [0.1, 0.15) is 5.82 Å². The predicted octanol–water partition coefficient (Wildman–Crippen LogP) is 3.29. The van der Waals surface area contributed by atoms with Gasteiger partial charge in [0.05, 0.1) is 5.69 Å². The van der Waals surface area contributed by atoms with Crippen molar-refractivity contribution in [3.05, 3.63) is 41.5 Å². The quantitative estimate of drug-likeness (QED) is 0.907. The average molecular weight is 275 g/mol. The molecule has 108 valence electrons. The molecule has 3 nitrogen and oxygen atoms in total. The molecule has 0 aliphatic rings. The summed E-state index contributed by atoms with van der Waals surface area (Å²) in [6.45, 7) is 6.97. The van der Waals surface area contributed by atoms with Crippen LogP contribution in [0.1, 0.15) is 32.0 Å². The fourth-order valence-electron chi connectivity index (χ4n) is 2.23. The fourth-order valence-corrected chi connectivity index (χ4v) is 2.23. The Hall–Kier alpha value is -1.68. The van der Waals surface area contributed by atoms with Crippen LogP contribution >= 0.6 is 0 Å². The Morgan fingerprint density at radius 2 is 2.05 bits per heavy atom. The largest absolute Gasteiger partial charge is 0.310 e. The number of halogens is 1. The molecule has 2 aromatic rings. The molecule has 0 saturated heterocycles. The van der Waals surface area contributed by atoms with Crippen LogP contribution in [0, 0.1) is 5.82 Å². The second-order valence-electron chi connectivity index (χ2n) is 5.37. The first-order chi connectivity index (χ1) is 9.51. The Morgan fingerprint density at radius 3 is 2.70 bits per heavy atom. The summed E-state index contributed by atoms with van der Waals surface area (Å²) in [5.41, 5.74) is 3.54. The van der Waals surface area contributed by atoms with Gasteiger partial charge in [-0.05, 0) is 24.1 Å². The first-order valence-electron chi connectivity index (χ1n) is 7.06. The third-order valence-corrected chi connectivity index (χ3v) is 3.28. The summed E-state index contributed by atoms with van der Waals surface area (Å²) >= 11 is 0. The first kappa shape index (κ1) is 14.7. The van der Waals surface area contributed by atoms with E-state index in [0.717, 1.165) is 29.8 Å². The number of aryl methyl sites for hydroxylation is 2. The van der Waals surface area contributed by atoms with E-state index < -0.39 is 0 Å². The van der Waals surface area contributed by atoms with Crippen molar-refractivity contribution in [1.29, 1.82) is 0 Å². The molecule has 0 spiro atoms. The Balaban J connectivity index is 2.37. The normalized spacial score (nSPS) is 11.3. The summed E-state index contributed by atoms with van der Waals surface area (Å²) in [6.07, 6.45) is 2.68. The zero-order valence-corrected chi connectivity index (χ0v) is 12.6. The molecule has 0 amide bonds. The van der Waals surface area contributed by atoms with Gasteiger partial charge in [-0.3, -0.25) is 4.68 Å². The lowest BCUT2D eigenvalue weighted by Gasteiger charge is -2.10. The molecule has 1 aromatic heterocycles. The Labute approximate surface area is 119 Å². The van der Waals surface area contributed by atoms with Crippen molar-refractivity contribution in [2.24, 2.45) is 7.05 Å². The highest BCUT2D eigenvalue weighted by Crippen LogP contribution is 2.27. The van der Waals surface area contributed by atoms with Crippen LogP contribution in [0.5, 0.6) is 0 Å². The van der Waals surface area contributed by atoms with E-state index in [4.69, 9.17) is 0 Å². The second-order valence-corrected chi connectivity index (χ2v) is 5.37. The number of nitrogens with one attached hydrogen (secondary N) is 1. The monoisotopic (exact) mass is 275 g/mol. The minimum absolute atomic E-state index is 0.194. The van der Waals surface area contributed by atoms with Crippen LogP contribution in [-0.2, 0) is 20.0 Å². The van der Waals surface area contributed by atoms with Crippen LogP contribution in [0.3, 0.4) is 0 Å². The summed E-state index contributed by atoms with van der Waals surface area (Å²) < 4.78 is 15.9. The molecular formula is C16H22FN3. The topological polar surface area (TPSA) is 29.9 Å². The maximum absolute atomic E-state index is 14.1. The van der Waals surface area contributed by atoms with Crippen LogP contribution in [0.25, 0.3) is 11.1 Å². The van der Waals surface area contributed by atoms with Crippen molar-refractivity contribution in [2.75, 3.05) is 0 Å². The highest BCUT2D eigenvalue weighted by Gasteiger charge is 2.13. The van der Waals surface area contributed by atoms with Crippen LogP contribution < -0.4 is 5.32 Å². The van der Waals surface area contributed by atoms with E-state index in [1.54, 1.807) is 10.7 Å². The van der Waals surface area contributed by atoms with Crippen molar-refractivity contribution < 1.29 is 4.39 Å². The second kappa shape index (κ2) is 6.18. The van der Waals surface area contributed by atoms with Gasteiger partial charge < -0.3 is 5.32 Å². The van der Waals surface area contributed by atoms with E-state index in [0.29, 0.717) is 11.6 Å². The standard InChI is InChI=1S/C16H22FN3/c1-5-16-14(10-20(4)19-16)13-8-12(6-7-15(13)17)9-18-11(2)3/h6-8,10-11,18H,5,9H2,1-4H3. The SMILES string of the molecule is CCc1nn(C)cc1-c1cc(CNC(C)C)ccc1F. The van der Waals surface area contributed by atoms with Crippen LogP contribution in [0.4, 0.5) is 4.39 Å². The Kier molecular flexibility index (Phi) is 4.55. The number of benzene rings is 1. The molecule has 2 rings (SSSR count). The summed E-state index contributed by atoms with van der Waals surface area (Å²) in [4.78, 5) is 0. The van der Waals surface area contributed by atoms with E-state index in [1.165, 1.54) is 0 Å². The summed E-state index contributed by atoms with van der Waals surface area (Å²) in [5, 5.41) is 7.74. The lowest BCUT2D eigenvalue weighted by molar-refractivity contribution is 0.586. The molecule has 20 heavy (non-hydrogen) atoms. The van der Waals surface area contributed by atoms with Gasteiger partial charge in [-0.1, -0.05) is 26.8 Å². The van der Waals surface area contributed by atoms with Gasteiger partial charge >= 0.3 is 0 Å². The van der Waals surface area contributed by atoms with Crippen LogP contribution in [-0.4, -0.2) is 15.8 Å². The van der Waals surface area contributed by atoms with Crippen molar-refractivity contribution in [3.63, 3.8) is 0 Å². The molecule has 0 aliphatic carbocycles. The molecule has 0 saturated carbocycles. The molecule has 0 unspecified atom stereocenters. The molecule has 4 heteroatoms. The summed E-state index contributed by atoms with van der Waals surface area (Å²) in [7, 11) is 1.87. The van der Waals surface area contributed by atoms with Crippen molar-refractivity contribution in [1.82, 2.24) is 15.1 Å². The van der Waals surface area contributed by atoms with E-state index in [9.17, 15) is 4.39 Å². The molecule has 1 heterocycles. The zero-order valence-electron chi connectivity index (χ0n) is 12.6. The van der Waals surface area contributed by atoms with Crippen LogP contribution in [0.2, 0.25) is 0 Å². The lowest BCUT2D eigenvalue weighted by atomic mass is 10.0. The Morgan fingerprint density at radius 1 is 1.30 bits per heavy atom. The van der Waals surface area contributed by atoms with Gasteiger partial charge in [0.15, 0.2) is 0 Å². The molecule has 0 radical (unpaired) electrons. The highest BCUT2D eigenvalue weighted by atomic mass is 19.1. The van der Waals surface area contributed by atoms with Gasteiger partial charge in [-0.25, -0.2) is 4.39 Å². The fraction of sp³-hybridized carbons (Fsp3) is 0.438. The van der Waals surface area contributed by atoms with Gasteiger partial charge in [0, 0.05) is 37.0 Å². The first-order valence-corrected chi connectivity index (χ1v) is 7.06. The molecule has 0 aliphatic heterocycles. The average Bonchev–Trinajstić information content (AvgIpc) is 2.78. The van der Waals surface area contributed by atoms with Gasteiger partial charge in [0.2, 0.25) is 0 Å². The maximum atomic E-state index is 14.1. The van der Waals surface area contributed by atoms with Crippen molar-refractivity contribution >= 4 is 0 Å². The lowest BCUT2D eigenvalue weighted by Crippen LogP contribution is -2.21. The van der Waals surface area contributed by atoms with Gasteiger partial charge in [0.25, 0.3) is 0 Å². The van der Waals surface area contributed by atoms with E-state index in [2.05, 4.69) is 24.3 Å². The molecule has 0 atom stereocenters. The van der Waals surface area contributed by atoms with E-state index in [-0.39, 0.29) is 5.82 Å². The third-order valence-electron chi connectivity index (χ3n) is 3.28. The number of aromatic nitrogens is 2. The van der Waals surface area contributed by atoms with E-state index >= 15 is 0 Å². The number of hydrogen-bond acceptors (Lipinski definition) is 2. The number of nitrogens with zero attached hydrogens (tertiary/aromatic N) is 2. The summed E-state index contributed by atoms with van der Waals surface area (Å²) in [6, 6.07) is 5.70. The molecule has 1 aromatic carbocycles. The summed E-state index contributed by atoms with van der Waals surface area (Å²) in [5.74, 6) is -0.194. The van der Waals surface area contributed by atoms with Gasteiger partial charge in [-0.15, -0.1) is 0 Å². The predicted molar refractivity (Wildman–Crippen MR) is 80.0 cm³/mol. The van der Waals surface area contributed by atoms with E-state index in [1.807, 2.05) is 32.3 Å². The molecule has 0 bridgehead atoms. The molecule has 1 N–H and O–H groups in total. The molecule has 0 fully saturated rings.